The van der Waals surface area contributed by atoms with Gasteiger partial charge in [0.05, 0.1) is 31.3 Å². The number of aryl methyl sites for hydroxylation is 1. The number of carbonyl (C=O) groups is 2. The molecule has 7 nitrogen and oxygen atoms in total. The molecule has 1 aromatic heterocycles. The van der Waals surface area contributed by atoms with Crippen LogP contribution in [0.15, 0.2) is 0 Å². The summed E-state index contributed by atoms with van der Waals surface area (Å²) in [5.74, 6) is 0. The molecule has 0 fully saturated rings. The van der Waals surface area contributed by atoms with Crippen LogP contribution in [0.1, 0.15) is 11.4 Å². The number of carbonyl (C=O) groups excluding carboxylic acids is 2. The molecule has 0 aromatic carbocycles. The molecule has 1 amide bonds. The molecule has 0 aliphatic carbocycles. The van der Waals surface area contributed by atoms with Crippen LogP contribution in [0.25, 0.3) is 0 Å². The molecule has 7 heteroatoms. The normalized spacial score (nSPS) is 9.75. The van der Waals surface area contributed by atoms with Crippen molar-refractivity contribution < 1.29 is 19.1 Å². The summed E-state index contributed by atoms with van der Waals surface area (Å²) in [6, 6.07) is 0. The van der Waals surface area contributed by atoms with Crippen LogP contribution >= 0.6 is 0 Å². The number of anilines is 1. The minimum atomic E-state index is -0.615. The van der Waals surface area contributed by atoms with Crippen molar-refractivity contribution in [3.05, 3.63) is 11.4 Å². The fourth-order valence-corrected chi connectivity index (χ4v) is 1.24. The van der Waals surface area contributed by atoms with Gasteiger partial charge in [-0.3, -0.25) is 5.32 Å². The number of aromatic nitrogens is 2. The second-order valence-electron chi connectivity index (χ2n) is 3.04. The number of methoxy groups -OCH3 is 2. The summed E-state index contributed by atoms with van der Waals surface area (Å²) in [4.78, 5) is 22.3. The third kappa shape index (κ3) is 2.13. The van der Waals surface area contributed by atoms with E-state index in [2.05, 4.69) is 19.9 Å². The van der Waals surface area contributed by atoms with E-state index in [0.29, 0.717) is 17.1 Å². The monoisotopic (exact) mass is 227 g/mol. The highest BCUT2D eigenvalue weighted by atomic mass is 16.5. The van der Waals surface area contributed by atoms with Crippen LogP contribution in [0.2, 0.25) is 0 Å². The zero-order chi connectivity index (χ0) is 12.3. The number of rotatable bonds is 1. The lowest BCUT2D eigenvalue weighted by atomic mass is 10.3. The molecule has 1 heterocycles. The lowest BCUT2D eigenvalue weighted by Gasteiger charge is -2.04. The molecule has 1 aromatic rings. The fraction of sp³-hybridized carbons (Fsp3) is 0.444. The first kappa shape index (κ1) is 12.0. The number of hydrogen-bond donors (Lipinski definition) is 1. The van der Waals surface area contributed by atoms with Crippen molar-refractivity contribution in [2.45, 2.75) is 13.8 Å². The molecule has 0 spiro atoms. The predicted molar refractivity (Wildman–Crippen MR) is 55.5 cm³/mol. The minimum Gasteiger partial charge on any atom is -0.453 e. The summed E-state index contributed by atoms with van der Waals surface area (Å²) < 4.78 is 10.1. The summed E-state index contributed by atoms with van der Waals surface area (Å²) >= 11 is 0. The molecule has 16 heavy (non-hydrogen) atoms. The van der Waals surface area contributed by atoms with Gasteiger partial charge in [0.2, 0.25) is 0 Å². The van der Waals surface area contributed by atoms with Crippen molar-refractivity contribution in [1.29, 1.82) is 0 Å². The van der Waals surface area contributed by atoms with Crippen LogP contribution in [-0.2, 0) is 9.47 Å². The summed E-state index contributed by atoms with van der Waals surface area (Å²) in [5.41, 5.74) is 1.43. The highest BCUT2D eigenvalue weighted by Crippen LogP contribution is 2.19. The van der Waals surface area contributed by atoms with Gasteiger partial charge in [-0.25, -0.2) is 9.59 Å². The maximum Gasteiger partial charge on any atom is 0.434 e. The van der Waals surface area contributed by atoms with Crippen molar-refractivity contribution in [3.8, 4) is 0 Å². The van der Waals surface area contributed by atoms with Crippen LogP contribution in [0.3, 0.4) is 0 Å². The summed E-state index contributed by atoms with van der Waals surface area (Å²) in [7, 11) is 2.51. The van der Waals surface area contributed by atoms with E-state index in [1.807, 2.05) is 0 Å². The first-order chi connectivity index (χ1) is 7.51. The van der Waals surface area contributed by atoms with Crippen molar-refractivity contribution >= 4 is 17.9 Å². The summed E-state index contributed by atoms with van der Waals surface area (Å²) in [5, 5.41) is 6.42. The third-order valence-electron chi connectivity index (χ3n) is 2.05. The van der Waals surface area contributed by atoms with Gasteiger partial charge in [-0.1, -0.05) is 0 Å². The summed E-state index contributed by atoms with van der Waals surface area (Å²) in [6.45, 7) is 3.31. The van der Waals surface area contributed by atoms with E-state index in [-0.39, 0.29) is 0 Å². The Hall–Kier alpha value is -2.05. The molecule has 0 aliphatic rings. The Morgan fingerprint density at radius 3 is 2.38 bits per heavy atom. The molecule has 0 aliphatic heterocycles. The fourth-order valence-electron chi connectivity index (χ4n) is 1.24. The van der Waals surface area contributed by atoms with Gasteiger partial charge in [0, 0.05) is 0 Å². The van der Waals surface area contributed by atoms with E-state index in [4.69, 9.17) is 0 Å². The molecular weight excluding hydrogens is 214 g/mol. The third-order valence-corrected chi connectivity index (χ3v) is 2.05. The van der Waals surface area contributed by atoms with Crippen molar-refractivity contribution in [3.63, 3.8) is 0 Å². The van der Waals surface area contributed by atoms with E-state index in [1.165, 1.54) is 14.2 Å². The molecule has 0 radical (unpaired) electrons. The maximum absolute atomic E-state index is 11.3. The van der Waals surface area contributed by atoms with E-state index in [0.717, 1.165) is 4.68 Å². The van der Waals surface area contributed by atoms with Crippen LogP contribution < -0.4 is 5.32 Å². The zero-order valence-corrected chi connectivity index (χ0v) is 9.53. The molecule has 0 saturated heterocycles. The molecule has 88 valence electrons. The molecule has 0 unspecified atom stereocenters. The summed E-state index contributed by atoms with van der Waals surface area (Å²) in [6.07, 6.45) is -1.23. The first-order valence-corrected chi connectivity index (χ1v) is 4.50. The molecule has 1 rings (SSSR count). The van der Waals surface area contributed by atoms with Crippen molar-refractivity contribution in [1.82, 2.24) is 9.78 Å². The average Bonchev–Trinajstić information content (AvgIpc) is 2.55. The zero-order valence-electron chi connectivity index (χ0n) is 9.53. The van der Waals surface area contributed by atoms with Gasteiger partial charge in [0.1, 0.15) is 0 Å². The molecule has 0 bridgehead atoms. The van der Waals surface area contributed by atoms with Gasteiger partial charge in [-0.2, -0.15) is 9.78 Å². The quantitative estimate of drug-likeness (QED) is 0.781. The Morgan fingerprint density at radius 2 is 1.88 bits per heavy atom. The van der Waals surface area contributed by atoms with Crippen molar-refractivity contribution in [2.75, 3.05) is 19.5 Å². The highest BCUT2D eigenvalue weighted by molar-refractivity contribution is 5.87. The SMILES string of the molecule is COC(=O)Nc1c(C)nn(C(=O)OC)c1C. The number of amides is 1. The molecule has 0 saturated carbocycles. The van der Waals surface area contributed by atoms with E-state index in [1.54, 1.807) is 13.8 Å². The molecule has 1 N–H and O–H groups in total. The molecular formula is C9H13N3O4. The highest BCUT2D eigenvalue weighted by Gasteiger charge is 2.18. The average molecular weight is 227 g/mol. The number of ether oxygens (including phenoxy) is 2. The second kappa shape index (κ2) is 4.65. The lowest BCUT2D eigenvalue weighted by molar-refractivity contribution is 0.168. The van der Waals surface area contributed by atoms with E-state index < -0.39 is 12.2 Å². The van der Waals surface area contributed by atoms with Crippen LogP contribution in [0.4, 0.5) is 15.3 Å². The van der Waals surface area contributed by atoms with Gasteiger partial charge < -0.3 is 9.47 Å². The van der Waals surface area contributed by atoms with Crippen LogP contribution in [-0.4, -0.2) is 36.2 Å². The number of hydrogen-bond acceptors (Lipinski definition) is 5. The first-order valence-electron chi connectivity index (χ1n) is 4.50. The topological polar surface area (TPSA) is 82.5 Å². The standard InChI is InChI=1S/C9H13N3O4/c1-5-7(10-8(13)15-3)6(2)12(11-5)9(14)16-4/h1-4H3,(H,10,13). The van der Waals surface area contributed by atoms with E-state index >= 15 is 0 Å². The Kier molecular flexibility index (Phi) is 3.49. The maximum atomic E-state index is 11.3. The Bertz CT molecular complexity index is 425. The largest absolute Gasteiger partial charge is 0.453 e. The van der Waals surface area contributed by atoms with E-state index in [9.17, 15) is 9.59 Å². The van der Waals surface area contributed by atoms with Gasteiger partial charge in [0.15, 0.2) is 0 Å². The van der Waals surface area contributed by atoms with Gasteiger partial charge in [0.25, 0.3) is 0 Å². The Labute approximate surface area is 92.3 Å². The smallest absolute Gasteiger partial charge is 0.434 e. The minimum absolute atomic E-state index is 0.442. The van der Waals surface area contributed by atoms with Crippen LogP contribution in [0.5, 0.6) is 0 Å². The van der Waals surface area contributed by atoms with Gasteiger partial charge in [-0.15, -0.1) is 0 Å². The van der Waals surface area contributed by atoms with Crippen LogP contribution in [0, 0.1) is 13.8 Å². The predicted octanol–water partition coefficient (Wildman–Crippen LogP) is 1.29. The van der Waals surface area contributed by atoms with Gasteiger partial charge in [-0.05, 0) is 13.8 Å². The second-order valence-corrected chi connectivity index (χ2v) is 3.04. The number of nitrogens with one attached hydrogen (secondary N) is 1. The lowest BCUT2D eigenvalue weighted by Crippen LogP contribution is -2.16. The van der Waals surface area contributed by atoms with Gasteiger partial charge >= 0.3 is 12.2 Å². The molecule has 0 atom stereocenters. The Balaban J connectivity index is 3.07. The Morgan fingerprint density at radius 1 is 1.25 bits per heavy atom. The number of nitrogens with zero attached hydrogens (tertiary/aromatic N) is 2. The van der Waals surface area contributed by atoms with Crippen molar-refractivity contribution in [2.24, 2.45) is 0 Å².